The number of piperidine rings is 1. The Morgan fingerprint density at radius 1 is 1.50 bits per heavy atom. The minimum Gasteiger partial charge on any atom is -0.363 e. The molecule has 6 nitrogen and oxygen atoms in total. The topological polar surface area (TPSA) is 74.0 Å². The van der Waals surface area contributed by atoms with Crippen LogP contribution in [-0.4, -0.2) is 40.1 Å². The quantitative estimate of drug-likeness (QED) is 0.836. The third-order valence-corrected chi connectivity index (χ3v) is 3.65. The number of likely N-dealkylation sites (tertiary alicyclic amines) is 1. The molecular weight excluding hydrogens is 254 g/mol. The second-order valence-electron chi connectivity index (χ2n) is 5.43. The Morgan fingerprint density at radius 2 is 2.20 bits per heavy atom. The number of nitriles is 1. The Morgan fingerprint density at radius 3 is 2.80 bits per heavy atom. The number of hydrogen-bond acceptors (Lipinski definition) is 5. The molecule has 0 atom stereocenters. The van der Waals surface area contributed by atoms with Gasteiger partial charge in [-0.1, -0.05) is 0 Å². The Labute approximate surface area is 119 Å². The number of nitrogens with one attached hydrogen (secondary N) is 1. The Kier molecular flexibility index (Phi) is 4.74. The zero-order chi connectivity index (χ0) is 14.5. The normalized spacial score (nSPS) is 17.1. The van der Waals surface area contributed by atoms with E-state index in [0.29, 0.717) is 12.4 Å². The highest BCUT2D eigenvalue weighted by atomic mass is 16.1. The average molecular weight is 275 g/mol. The van der Waals surface area contributed by atoms with Crippen molar-refractivity contribution in [1.29, 1.82) is 5.26 Å². The Hall–Kier alpha value is -1.87. The van der Waals surface area contributed by atoms with Crippen molar-refractivity contribution in [3.05, 3.63) is 22.7 Å². The molecule has 2 rings (SSSR count). The summed E-state index contributed by atoms with van der Waals surface area (Å²) in [5.74, 6) is 0.430. The first-order valence-corrected chi connectivity index (χ1v) is 7.04. The largest absolute Gasteiger partial charge is 0.363 e. The van der Waals surface area contributed by atoms with E-state index in [1.165, 1.54) is 0 Å². The van der Waals surface area contributed by atoms with Crippen molar-refractivity contribution in [3.63, 3.8) is 0 Å². The molecule has 1 aliphatic rings. The Balaban J connectivity index is 2.00. The van der Waals surface area contributed by atoms with Crippen molar-refractivity contribution in [2.45, 2.75) is 38.8 Å². The van der Waals surface area contributed by atoms with Crippen LogP contribution in [0.25, 0.3) is 0 Å². The maximum absolute atomic E-state index is 12.2. The van der Waals surface area contributed by atoms with Gasteiger partial charge in [-0.2, -0.15) is 5.26 Å². The van der Waals surface area contributed by atoms with Crippen LogP contribution in [-0.2, 0) is 0 Å². The summed E-state index contributed by atoms with van der Waals surface area (Å²) in [5.41, 5.74) is -0.0676. The summed E-state index contributed by atoms with van der Waals surface area (Å²) in [7, 11) is 0. The minimum absolute atomic E-state index is 0.0676. The zero-order valence-corrected chi connectivity index (χ0v) is 12.0. The van der Waals surface area contributed by atoms with Gasteiger partial charge in [0.25, 0.3) is 5.56 Å². The lowest BCUT2D eigenvalue weighted by molar-refractivity contribution is 0.242. The molecule has 6 heteroatoms. The monoisotopic (exact) mass is 275 g/mol. The van der Waals surface area contributed by atoms with Gasteiger partial charge in [0.05, 0.1) is 12.6 Å². The molecule has 0 spiro atoms. The summed E-state index contributed by atoms with van der Waals surface area (Å²) in [6.45, 7) is 6.21. The average Bonchev–Trinajstić information content (AvgIpc) is 2.43. The number of hydrogen-bond donors (Lipinski definition) is 1. The molecule has 0 aliphatic carbocycles. The lowest BCUT2D eigenvalue weighted by Gasteiger charge is -2.30. The molecule has 20 heavy (non-hydrogen) atoms. The number of anilines is 1. The highest BCUT2D eigenvalue weighted by Crippen LogP contribution is 2.13. The van der Waals surface area contributed by atoms with E-state index in [1.54, 1.807) is 17.0 Å². The van der Waals surface area contributed by atoms with E-state index < -0.39 is 0 Å². The second-order valence-corrected chi connectivity index (χ2v) is 5.43. The van der Waals surface area contributed by atoms with Crippen molar-refractivity contribution in [1.82, 2.24) is 14.5 Å². The SMILES string of the molecule is CC(C)n1ccnc(NC2CCN(CC#N)CC2)c1=O. The molecule has 0 saturated carbocycles. The summed E-state index contributed by atoms with van der Waals surface area (Å²) in [6, 6.07) is 2.56. The third kappa shape index (κ3) is 3.36. The van der Waals surface area contributed by atoms with E-state index in [9.17, 15) is 4.79 Å². The van der Waals surface area contributed by atoms with Gasteiger partial charge in [-0.3, -0.25) is 9.69 Å². The summed E-state index contributed by atoms with van der Waals surface area (Å²) in [4.78, 5) is 18.5. The molecule has 108 valence electrons. The maximum atomic E-state index is 12.2. The van der Waals surface area contributed by atoms with Crippen LogP contribution in [0.1, 0.15) is 32.7 Å². The van der Waals surface area contributed by atoms with Gasteiger partial charge in [0, 0.05) is 37.6 Å². The zero-order valence-electron chi connectivity index (χ0n) is 12.0. The summed E-state index contributed by atoms with van der Waals surface area (Å²) in [6.07, 6.45) is 5.24. The molecule has 0 aromatic carbocycles. The van der Waals surface area contributed by atoms with Crippen LogP contribution in [0, 0.1) is 11.3 Å². The van der Waals surface area contributed by atoms with Gasteiger partial charge in [0.1, 0.15) is 0 Å². The summed E-state index contributed by atoms with van der Waals surface area (Å²) in [5, 5.41) is 11.9. The molecule has 1 N–H and O–H groups in total. The van der Waals surface area contributed by atoms with E-state index in [-0.39, 0.29) is 17.6 Å². The molecule has 2 heterocycles. The van der Waals surface area contributed by atoms with Gasteiger partial charge in [0.2, 0.25) is 0 Å². The molecule has 1 aliphatic heterocycles. The minimum atomic E-state index is -0.0676. The van der Waals surface area contributed by atoms with E-state index in [0.717, 1.165) is 25.9 Å². The summed E-state index contributed by atoms with van der Waals surface area (Å²) < 4.78 is 1.68. The fourth-order valence-corrected chi connectivity index (χ4v) is 2.46. The fraction of sp³-hybridized carbons (Fsp3) is 0.643. The standard InChI is InChI=1S/C14H21N5O/c1-11(2)19-10-6-16-13(14(19)20)17-12-3-7-18(8-4-12)9-5-15/h6,10-12H,3-4,7-9H2,1-2H3,(H,16,17). The predicted octanol–water partition coefficient (Wildman–Crippen LogP) is 1.22. The van der Waals surface area contributed by atoms with Crippen molar-refractivity contribution < 1.29 is 0 Å². The molecule has 1 aromatic heterocycles. The maximum Gasteiger partial charge on any atom is 0.293 e. The first kappa shape index (κ1) is 14.5. The van der Waals surface area contributed by atoms with Crippen LogP contribution in [0.5, 0.6) is 0 Å². The van der Waals surface area contributed by atoms with E-state index in [1.807, 2.05) is 13.8 Å². The van der Waals surface area contributed by atoms with Crippen molar-refractivity contribution >= 4 is 5.82 Å². The van der Waals surface area contributed by atoms with E-state index >= 15 is 0 Å². The van der Waals surface area contributed by atoms with Crippen molar-refractivity contribution in [2.75, 3.05) is 25.0 Å². The number of rotatable bonds is 4. The highest BCUT2D eigenvalue weighted by Gasteiger charge is 2.20. The summed E-state index contributed by atoms with van der Waals surface area (Å²) >= 11 is 0. The van der Waals surface area contributed by atoms with Crippen molar-refractivity contribution in [3.8, 4) is 6.07 Å². The van der Waals surface area contributed by atoms with Gasteiger partial charge in [-0.15, -0.1) is 0 Å². The molecule has 1 fully saturated rings. The lowest BCUT2D eigenvalue weighted by Crippen LogP contribution is -2.40. The number of nitrogens with zero attached hydrogens (tertiary/aromatic N) is 4. The number of aromatic nitrogens is 2. The van der Waals surface area contributed by atoms with Crippen LogP contribution in [0.4, 0.5) is 5.82 Å². The van der Waals surface area contributed by atoms with E-state index in [2.05, 4.69) is 21.3 Å². The van der Waals surface area contributed by atoms with Crippen LogP contribution in [0.15, 0.2) is 17.2 Å². The fourth-order valence-electron chi connectivity index (χ4n) is 2.46. The first-order valence-electron chi connectivity index (χ1n) is 7.04. The van der Waals surface area contributed by atoms with Gasteiger partial charge < -0.3 is 9.88 Å². The lowest BCUT2D eigenvalue weighted by atomic mass is 10.1. The van der Waals surface area contributed by atoms with Crippen LogP contribution < -0.4 is 10.9 Å². The van der Waals surface area contributed by atoms with Gasteiger partial charge in [-0.05, 0) is 26.7 Å². The molecular formula is C14H21N5O. The Bertz CT molecular complexity index is 537. The van der Waals surface area contributed by atoms with Crippen LogP contribution in [0.3, 0.4) is 0 Å². The third-order valence-electron chi connectivity index (χ3n) is 3.65. The second kappa shape index (κ2) is 6.53. The van der Waals surface area contributed by atoms with Gasteiger partial charge in [0.15, 0.2) is 5.82 Å². The smallest absolute Gasteiger partial charge is 0.293 e. The van der Waals surface area contributed by atoms with Gasteiger partial charge >= 0.3 is 0 Å². The molecule has 0 bridgehead atoms. The molecule has 0 amide bonds. The molecule has 1 saturated heterocycles. The molecule has 0 unspecified atom stereocenters. The predicted molar refractivity (Wildman–Crippen MR) is 77.6 cm³/mol. The first-order chi connectivity index (χ1) is 9.61. The van der Waals surface area contributed by atoms with E-state index in [4.69, 9.17) is 5.26 Å². The highest BCUT2D eigenvalue weighted by molar-refractivity contribution is 5.32. The van der Waals surface area contributed by atoms with Crippen LogP contribution >= 0.6 is 0 Å². The molecule has 0 radical (unpaired) electrons. The molecule has 1 aromatic rings. The van der Waals surface area contributed by atoms with Crippen molar-refractivity contribution in [2.24, 2.45) is 0 Å². The van der Waals surface area contributed by atoms with Crippen LogP contribution in [0.2, 0.25) is 0 Å². The van der Waals surface area contributed by atoms with Gasteiger partial charge in [-0.25, -0.2) is 4.98 Å².